The molecule has 1 atom stereocenters. The lowest BCUT2D eigenvalue weighted by molar-refractivity contribution is 0.265. The highest BCUT2D eigenvalue weighted by atomic mass is 16.5. The molecule has 4 heteroatoms. The van der Waals surface area contributed by atoms with Crippen molar-refractivity contribution in [2.75, 3.05) is 13.1 Å². The minimum absolute atomic E-state index is 0.443. The fraction of sp³-hybridized carbons (Fsp3) is 0.800. The van der Waals surface area contributed by atoms with Gasteiger partial charge in [0.25, 0.3) is 0 Å². The third-order valence-electron chi connectivity index (χ3n) is 2.84. The van der Waals surface area contributed by atoms with Crippen LogP contribution in [-0.4, -0.2) is 34.2 Å². The molecule has 0 unspecified atom stereocenters. The summed E-state index contributed by atoms with van der Waals surface area (Å²) < 4.78 is 5.19. The van der Waals surface area contributed by atoms with Gasteiger partial charge in [0.2, 0.25) is 5.89 Å². The Morgan fingerprint density at radius 1 is 1.50 bits per heavy atom. The molecule has 1 aliphatic heterocycles. The SMILES string of the molecule is Cc1noc([C@H]2CCN(C(C)C)C2)n1. The summed E-state index contributed by atoms with van der Waals surface area (Å²) in [7, 11) is 0. The quantitative estimate of drug-likeness (QED) is 0.718. The summed E-state index contributed by atoms with van der Waals surface area (Å²) in [5.74, 6) is 1.99. The van der Waals surface area contributed by atoms with Gasteiger partial charge in [-0.25, -0.2) is 0 Å². The molecule has 0 aromatic carbocycles. The van der Waals surface area contributed by atoms with Crippen LogP contribution in [0.25, 0.3) is 0 Å². The Morgan fingerprint density at radius 3 is 2.79 bits per heavy atom. The fourth-order valence-corrected chi connectivity index (χ4v) is 1.94. The average molecular weight is 195 g/mol. The van der Waals surface area contributed by atoms with Crippen LogP contribution in [0.2, 0.25) is 0 Å². The van der Waals surface area contributed by atoms with Crippen LogP contribution in [0.1, 0.15) is 37.9 Å². The van der Waals surface area contributed by atoms with Gasteiger partial charge in [-0.05, 0) is 33.7 Å². The Labute approximate surface area is 84.3 Å². The normalized spacial score (nSPS) is 23.6. The number of nitrogens with zero attached hydrogens (tertiary/aromatic N) is 3. The number of hydrogen-bond donors (Lipinski definition) is 0. The average Bonchev–Trinajstić information content (AvgIpc) is 2.70. The summed E-state index contributed by atoms with van der Waals surface area (Å²) in [5.41, 5.74) is 0. The first-order chi connectivity index (χ1) is 6.66. The third kappa shape index (κ3) is 1.80. The molecule has 1 aromatic heterocycles. The second-order valence-electron chi connectivity index (χ2n) is 4.25. The van der Waals surface area contributed by atoms with E-state index in [1.165, 1.54) is 0 Å². The summed E-state index contributed by atoms with van der Waals surface area (Å²) in [4.78, 5) is 6.73. The second-order valence-corrected chi connectivity index (χ2v) is 4.25. The Balaban J connectivity index is 2.02. The van der Waals surface area contributed by atoms with Crippen molar-refractivity contribution in [2.24, 2.45) is 0 Å². The molecule has 0 N–H and O–H groups in total. The van der Waals surface area contributed by atoms with Gasteiger partial charge in [0, 0.05) is 12.6 Å². The van der Waals surface area contributed by atoms with Crippen LogP contribution in [0.3, 0.4) is 0 Å². The molecule has 1 saturated heterocycles. The standard InChI is InChI=1S/C10H17N3O/c1-7(2)13-5-4-9(6-13)10-11-8(3)12-14-10/h7,9H,4-6H2,1-3H3/t9-/m0/s1. The van der Waals surface area contributed by atoms with Gasteiger partial charge in [0.1, 0.15) is 0 Å². The van der Waals surface area contributed by atoms with Gasteiger partial charge in [-0.1, -0.05) is 5.16 Å². The molecule has 0 amide bonds. The van der Waals surface area contributed by atoms with Crippen molar-refractivity contribution in [3.05, 3.63) is 11.7 Å². The van der Waals surface area contributed by atoms with Gasteiger partial charge in [0.05, 0.1) is 5.92 Å². The van der Waals surface area contributed by atoms with E-state index >= 15 is 0 Å². The summed E-state index contributed by atoms with van der Waals surface area (Å²) in [5, 5.41) is 3.83. The molecule has 0 spiro atoms. The molecule has 78 valence electrons. The fourth-order valence-electron chi connectivity index (χ4n) is 1.94. The Morgan fingerprint density at radius 2 is 2.29 bits per heavy atom. The van der Waals surface area contributed by atoms with E-state index in [2.05, 4.69) is 28.9 Å². The van der Waals surface area contributed by atoms with Gasteiger partial charge in [0.15, 0.2) is 5.82 Å². The molecule has 2 rings (SSSR count). The molecule has 0 saturated carbocycles. The molecule has 2 heterocycles. The van der Waals surface area contributed by atoms with E-state index in [1.54, 1.807) is 0 Å². The van der Waals surface area contributed by atoms with Crippen molar-refractivity contribution >= 4 is 0 Å². The third-order valence-corrected chi connectivity index (χ3v) is 2.84. The van der Waals surface area contributed by atoms with Gasteiger partial charge in [-0.15, -0.1) is 0 Å². The van der Waals surface area contributed by atoms with Gasteiger partial charge in [-0.2, -0.15) is 4.98 Å². The first-order valence-electron chi connectivity index (χ1n) is 5.21. The molecule has 1 aromatic rings. The lowest BCUT2D eigenvalue weighted by Gasteiger charge is -2.19. The Bertz CT molecular complexity index is 308. The molecule has 1 aliphatic rings. The molecule has 4 nitrogen and oxygen atoms in total. The van der Waals surface area contributed by atoms with Crippen molar-refractivity contribution in [2.45, 2.75) is 39.2 Å². The smallest absolute Gasteiger partial charge is 0.231 e. The summed E-state index contributed by atoms with van der Waals surface area (Å²) in [6.45, 7) is 8.51. The highest BCUT2D eigenvalue weighted by molar-refractivity contribution is 4.98. The van der Waals surface area contributed by atoms with Crippen LogP contribution in [0.4, 0.5) is 0 Å². The van der Waals surface area contributed by atoms with Crippen molar-refractivity contribution in [3.63, 3.8) is 0 Å². The molecule has 0 aliphatic carbocycles. The monoisotopic (exact) mass is 195 g/mol. The number of likely N-dealkylation sites (tertiary alicyclic amines) is 1. The molecule has 0 radical (unpaired) electrons. The van der Waals surface area contributed by atoms with Crippen molar-refractivity contribution in [1.29, 1.82) is 0 Å². The zero-order valence-corrected chi connectivity index (χ0v) is 9.03. The van der Waals surface area contributed by atoms with E-state index in [1.807, 2.05) is 6.92 Å². The highest BCUT2D eigenvalue weighted by Gasteiger charge is 2.28. The first-order valence-corrected chi connectivity index (χ1v) is 5.21. The van der Waals surface area contributed by atoms with Crippen LogP contribution in [0.5, 0.6) is 0 Å². The van der Waals surface area contributed by atoms with Crippen LogP contribution in [-0.2, 0) is 0 Å². The predicted molar refractivity (Wildman–Crippen MR) is 53.1 cm³/mol. The number of aromatic nitrogens is 2. The summed E-state index contributed by atoms with van der Waals surface area (Å²) >= 11 is 0. The molecule has 0 bridgehead atoms. The van der Waals surface area contributed by atoms with Gasteiger partial charge >= 0.3 is 0 Å². The zero-order valence-electron chi connectivity index (χ0n) is 9.03. The zero-order chi connectivity index (χ0) is 10.1. The molecule has 1 fully saturated rings. The molecular weight excluding hydrogens is 178 g/mol. The van der Waals surface area contributed by atoms with E-state index in [0.29, 0.717) is 12.0 Å². The minimum atomic E-state index is 0.443. The van der Waals surface area contributed by atoms with Crippen LogP contribution in [0, 0.1) is 6.92 Å². The second kappa shape index (κ2) is 3.69. The maximum absolute atomic E-state index is 5.19. The highest BCUT2D eigenvalue weighted by Crippen LogP contribution is 2.26. The summed E-state index contributed by atoms with van der Waals surface area (Å²) in [6, 6.07) is 0.615. The largest absolute Gasteiger partial charge is 0.339 e. The lowest BCUT2D eigenvalue weighted by atomic mass is 10.1. The summed E-state index contributed by atoms with van der Waals surface area (Å²) in [6.07, 6.45) is 1.14. The number of aryl methyl sites for hydroxylation is 1. The number of rotatable bonds is 2. The maximum Gasteiger partial charge on any atom is 0.231 e. The van der Waals surface area contributed by atoms with Crippen molar-refractivity contribution in [1.82, 2.24) is 15.0 Å². The maximum atomic E-state index is 5.19. The Hall–Kier alpha value is -0.900. The van der Waals surface area contributed by atoms with E-state index < -0.39 is 0 Å². The molecule has 14 heavy (non-hydrogen) atoms. The van der Waals surface area contributed by atoms with Crippen LogP contribution < -0.4 is 0 Å². The Kier molecular flexibility index (Phi) is 2.54. The van der Waals surface area contributed by atoms with E-state index in [9.17, 15) is 0 Å². The van der Waals surface area contributed by atoms with E-state index in [-0.39, 0.29) is 0 Å². The first kappa shape index (κ1) is 9.65. The number of hydrogen-bond acceptors (Lipinski definition) is 4. The van der Waals surface area contributed by atoms with Crippen LogP contribution in [0.15, 0.2) is 4.52 Å². The predicted octanol–water partition coefficient (Wildman–Crippen LogP) is 1.58. The lowest BCUT2D eigenvalue weighted by Crippen LogP contribution is -2.27. The van der Waals surface area contributed by atoms with E-state index in [0.717, 1.165) is 31.2 Å². The van der Waals surface area contributed by atoms with Crippen molar-refractivity contribution in [3.8, 4) is 0 Å². The van der Waals surface area contributed by atoms with Gasteiger partial charge < -0.3 is 9.42 Å². The van der Waals surface area contributed by atoms with Crippen LogP contribution >= 0.6 is 0 Å². The minimum Gasteiger partial charge on any atom is -0.339 e. The topological polar surface area (TPSA) is 42.2 Å². The van der Waals surface area contributed by atoms with Gasteiger partial charge in [-0.3, -0.25) is 0 Å². The van der Waals surface area contributed by atoms with Crippen molar-refractivity contribution < 1.29 is 4.52 Å². The van der Waals surface area contributed by atoms with E-state index in [4.69, 9.17) is 4.52 Å². The molecular formula is C10H17N3O.